The number of ether oxygens (including phenoxy) is 1. The molecule has 176 valence electrons. The van der Waals surface area contributed by atoms with Crippen molar-refractivity contribution in [2.45, 2.75) is 31.0 Å². The average molecular weight is 483 g/mol. The molecule has 4 atom stereocenters. The molecule has 0 bridgehead atoms. The van der Waals surface area contributed by atoms with Crippen LogP contribution in [0.5, 0.6) is 5.75 Å². The molecule has 0 unspecified atom stereocenters. The second-order valence-electron chi connectivity index (χ2n) is 8.79. The number of benzene rings is 2. The molecule has 4 N–H and O–H groups in total. The molecular weight excluding hydrogens is 460 g/mol. The Hall–Kier alpha value is -3.43. The zero-order valence-corrected chi connectivity index (χ0v) is 19.1. The number of nitrogens with zero attached hydrogens (tertiary/aromatic N) is 1. The molecule has 3 heterocycles. The minimum Gasteiger partial charge on any atom is -0.496 e. The topological polar surface area (TPSA) is 131 Å². The number of hydrogen-bond donors (Lipinski definition) is 3. The number of carbonyl (C=O) groups is 4. The molecule has 3 aliphatic heterocycles. The number of methoxy groups -OCH3 is 1. The molecule has 2 aromatic rings. The van der Waals surface area contributed by atoms with Gasteiger partial charge in [-0.25, -0.2) is 0 Å². The Bertz CT molecular complexity index is 1230. The number of halogens is 1. The fraction of sp³-hybridized carbons (Fsp3) is 0.333. The maximum Gasteiger partial charge on any atom is 0.250 e. The maximum absolute atomic E-state index is 13.8. The molecule has 4 amide bonds. The van der Waals surface area contributed by atoms with Crippen molar-refractivity contribution in [2.24, 2.45) is 17.6 Å². The van der Waals surface area contributed by atoms with Crippen LogP contribution in [0.3, 0.4) is 0 Å². The number of rotatable bonds is 6. The van der Waals surface area contributed by atoms with Crippen LogP contribution in [0.4, 0.5) is 5.69 Å². The second-order valence-corrected chi connectivity index (χ2v) is 9.22. The third-order valence-electron chi connectivity index (χ3n) is 6.99. The summed E-state index contributed by atoms with van der Waals surface area (Å²) in [6.45, 7) is 0.0112. The number of nitrogens with one attached hydrogen (secondary N) is 2. The molecule has 0 aliphatic carbocycles. The lowest BCUT2D eigenvalue weighted by molar-refractivity contribution is -0.143. The van der Waals surface area contributed by atoms with Gasteiger partial charge in [0.05, 0.1) is 25.5 Å². The summed E-state index contributed by atoms with van der Waals surface area (Å²) in [5, 5.41) is 6.47. The molecule has 0 saturated carbocycles. The number of likely N-dealkylation sites (tertiary alicyclic amines) is 1. The highest BCUT2D eigenvalue weighted by molar-refractivity contribution is 6.31. The number of anilines is 1. The molecule has 0 aromatic heterocycles. The Labute approximate surface area is 200 Å². The monoisotopic (exact) mass is 482 g/mol. The highest BCUT2D eigenvalue weighted by Crippen LogP contribution is 2.54. The van der Waals surface area contributed by atoms with Gasteiger partial charge in [-0.05, 0) is 30.7 Å². The fourth-order valence-electron chi connectivity index (χ4n) is 5.54. The zero-order chi connectivity index (χ0) is 24.2. The molecule has 10 heteroatoms. The maximum atomic E-state index is 13.8. The first kappa shape index (κ1) is 22.4. The summed E-state index contributed by atoms with van der Waals surface area (Å²) in [5.74, 6) is -3.09. The Morgan fingerprint density at radius 2 is 1.94 bits per heavy atom. The summed E-state index contributed by atoms with van der Waals surface area (Å²) in [7, 11) is 1.52. The third kappa shape index (κ3) is 3.19. The van der Waals surface area contributed by atoms with Crippen LogP contribution >= 0.6 is 11.6 Å². The number of carbonyl (C=O) groups excluding carboxylic acids is 4. The van der Waals surface area contributed by atoms with Gasteiger partial charge in [-0.15, -0.1) is 0 Å². The van der Waals surface area contributed by atoms with E-state index in [2.05, 4.69) is 10.6 Å². The van der Waals surface area contributed by atoms with Crippen LogP contribution in [-0.2, 0) is 31.3 Å². The predicted molar refractivity (Wildman–Crippen MR) is 123 cm³/mol. The lowest BCUT2D eigenvalue weighted by atomic mass is 9.76. The smallest absolute Gasteiger partial charge is 0.250 e. The van der Waals surface area contributed by atoms with Gasteiger partial charge in [-0.1, -0.05) is 29.8 Å². The van der Waals surface area contributed by atoms with Gasteiger partial charge in [0.15, 0.2) is 0 Å². The summed E-state index contributed by atoms with van der Waals surface area (Å²) < 4.78 is 5.38. The van der Waals surface area contributed by atoms with Crippen LogP contribution in [0.2, 0.25) is 5.02 Å². The number of para-hydroxylation sites is 1. The van der Waals surface area contributed by atoms with Gasteiger partial charge in [0, 0.05) is 34.3 Å². The van der Waals surface area contributed by atoms with Crippen LogP contribution in [0.1, 0.15) is 24.0 Å². The van der Waals surface area contributed by atoms with Crippen LogP contribution in [0.25, 0.3) is 0 Å². The van der Waals surface area contributed by atoms with Gasteiger partial charge >= 0.3 is 0 Å². The van der Waals surface area contributed by atoms with Crippen LogP contribution in [0, 0.1) is 11.8 Å². The van der Waals surface area contributed by atoms with E-state index in [1.54, 1.807) is 42.5 Å². The zero-order valence-electron chi connectivity index (χ0n) is 18.3. The standard InChI is InChI=1S/C24H23ClN4O5/c1-34-17-5-3-2-4-12(17)11-29-21(31)19-16(8-9-18(26)30)28-24(20(19)22(29)32)14-10-13(25)6-7-15(14)27-23(24)33/h2-7,10,16,19-20,28H,8-9,11H2,1H3,(H2,26,30)(H,27,33)/t16-,19-,20+,24+/m1/s1. The highest BCUT2D eigenvalue weighted by atomic mass is 35.5. The second kappa shape index (κ2) is 8.11. The number of amides is 4. The largest absolute Gasteiger partial charge is 0.496 e. The first-order valence-electron chi connectivity index (χ1n) is 10.9. The van der Waals surface area contributed by atoms with Crippen molar-refractivity contribution < 1.29 is 23.9 Å². The summed E-state index contributed by atoms with van der Waals surface area (Å²) in [4.78, 5) is 53.5. The van der Waals surface area contributed by atoms with E-state index >= 15 is 0 Å². The fourth-order valence-corrected chi connectivity index (χ4v) is 5.71. The number of fused-ring (bicyclic) bond motifs is 4. The van der Waals surface area contributed by atoms with Crippen molar-refractivity contribution in [2.75, 3.05) is 12.4 Å². The van der Waals surface area contributed by atoms with E-state index in [1.807, 2.05) is 0 Å². The molecule has 2 aromatic carbocycles. The average Bonchev–Trinajstić information content (AvgIpc) is 3.39. The van der Waals surface area contributed by atoms with Gasteiger partial charge < -0.3 is 15.8 Å². The van der Waals surface area contributed by atoms with Crippen molar-refractivity contribution >= 4 is 40.9 Å². The van der Waals surface area contributed by atoms with Gasteiger partial charge in [0.2, 0.25) is 23.6 Å². The first-order chi connectivity index (χ1) is 16.3. The Kier molecular flexibility index (Phi) is 5.33. The van der Waals surface area contributed by atoms with Crippen molar-refractivity contribution in [3.05, 3.63) is 58.6 Å². The van der Waals surface area contributed by atoms with Crippen LogP contribution in [-0.4, -0.2) is 41.7 Å². The minimum atomic E-state index is -1.48. The third-order valence-corrected chi connectivity index (χ3v) is 7.23. The van der Waals surface area contributed by atoms with Gasteiger partial charge in [0.1, 0.15) is 11.3 Å². The Morgan fingerprint density at radius 3 is 2.68 bits per heavy atom. The van der Waals surface area contributed by atoms with Crippen LogP contribution < -0.4 is 21.1 Å². The molecular formula is C24H23ClN4O5. The molecule has 9 nitrogen and oxygen atoms in total. The molecule has 5 rings (SSSR count). The van der Waals surface area contributed by atoms with Crippen molar-refractivity contribution in [1.82, 2.24) is 10.2 Å². The van der Waals surface area contributed by atoms with E-state index in [1.165, 1.54) is 12.0 Å². The molecule has 0 radical (unpaired) electrons. The molecule has 3 aliphatic rings. The summed E-state index contributed by atoms with van der Waals surface area (Å²) >= 11 is 6.24. The predicted octanol–water partition coefficient (Wildman–Crippen LogP) is 1.53. The summed E-state index contributed by atoms with van der Waals surface area (Å²) in [5.41, 5.74) is 5.59. The number of primary amides is 1. The first-order valence-corrected chi connectivity index (χ1v) is 11.3. The summed E-state index contributed by atoms with van der Waals surface area (Å²) in [6, 6.07) is 11.5. The van der Waals surface area contributed by atoms with Gasteiger partial charge in [-0.3, -0.25) is 29.4 Å². The van der Waals surface area contributed by atoms with Crippen molar-refractivity contribution in [1.29, 1.82) is 0 Å². The Morgan fingerprint density at radius 1 is 1.18 bits per heavy atom. The van der Waals surface area contributed by atoms with E-state index in [-0.39, 0.29) is 19.4 Å². The lowest BCUT2D eigenvalue weighted by Crippen LogP contribution is -2.53. The quantitative estimate of drug-likeness (QED) is 0.535. The SMILES string of the molecule is COc1ccccc1CN1C(=O)[C@H]2[C@@H](C1=O)[C@]1(N[C@@H]2CCC(N)=O)C(=O)Nc2ccc(Cl)cc21. The van der Waals surface area contributed by atoms with E-state index < -0.39 is 47.0 Å². The number of nitrogens with two attached hydrogens (primary N) is 1. The minimum absolute atomic E-state index is 0.00890. The molecule has 1 spiro atoms. The number of hydrogen-bond acceptors (Lipinski definition) is 6. The van der Waals surface area contributed by atoms with E-state index in [4.69, 9.17) is 22.1 Å². The van der Waals surface area contributed by atoms with Crippen LogP contribution in [0.15, 0.2) is 42.5 Å². The van der Waals surface area contributed by atoms with Gasteiger partial charge in [0.25, 0.3) is 0 Å². The molecule has 2 fully saturated rings. The van der Waals surface area contributed by atoms with E-state index in [0.29, 0.717) is 27.6 Å². The molecule has 2 saturated heterocycles. The highest BCUT2D eigenvalue weighted by Gasteiger charge is 2.70. The van der Waals surface area contributed by atoms with E-state index in [9.17, 15) is 19.2 Å². The van der Waals surface area contributed by atoms with Crippen molar-refractivity contribution in [3.8, 4) is 5.75 Å². The van der Waals surface area contributed by atoms with Gasteiger partial charge in [-0.2, -0.15) is 0 Å². The molecule has 34 heavy (non-hydrogen) atoms. The summed E-state index contributed by atoms with van der Waals surface area (Å²) in [6.07, 6.45) is 0.220. The Balaban J connectivity index is 1.59. The van der Waals surface area contributed by atoms with Crippen molar-refractivity contribution in [3.63, 3.8) is 0 Å². The van der Waals surface area contributed by atoms with E-state index in [0.717, 1.165) is 0 Å². The number of imide groups is 1. The lowest BCUT2D eigenvalue weighted by Gasteiger charge is -2.29. The normalized spacial score (nSPS) is 27.2.